The third kappa shape index (κ3) is 4.24. The van der Waals surface area contributed by atoms with Gasteiger partial charge in [-0.25, -0.2) is 17.2 Å². The van der Waals surface area contributed by atoms with E-state index in [0.717, 1.165) is 6.07 Å². The third-order valence-corrected chi connectivity index (χ3v) is 3.66. The second-order valence-electron chi connectivity index (χ2n) is 2.85. The van der Waals surface area contributed by atoms with E-state index in [9.17, 15) is 17.2 Å². The fourth-order valence-corrected chi connectivity index (χ4v) is 3.08. The Balaban J connectivity index is 3.26. The van der Waals surface area contributed by atoms with E-state index in [0.29, 0.717) is 4.47 Å². The molecule has 0 radical (unpaired) electrons. The zero-order valence-electron chi connectivity index (χ0n) is 7.96. The van der Waals surface area contributed by atoms with Crippen LogP contribution in [-0.4, -0.2) is 21.5 Å². The fourth-order valence-electron chi connectivity index (χ4n) is 1.00. The van der Waals surface area contributed by atoms with Gasteiger partial charge in [0.25, 0.3) is 15.5 Å². The fraction of sp³-hybridized carbons (Fsp3) is 0.250. The Bertz CT molecular complexity index is 522. The molecule has 0 bridgehead atoms. The minimum atomic E-state index is -4.14. The van der Waals surface area contributed by atoms with E-state index in [1.165, 1.54) is 6.07 Å². The van der Waals surface area contributed by atoms with Crippen LogP contribution in [-0.2, 0) is 9.05 Å². The summed E-state index contributed by atoms with van der Waals surface area (Å²) in [5, 5.41) is -0.126. The molecule has 96 valence electrons. The van der Waals surface area contributed by atoms with Crippen molar-refractivity contribution in [1.82, 2.24) is 0 Å². The van der Waals surface area contributed by atoms with Gasteiger partial charge in [0.15, 0.2) is 5.75 Å². The van der Waals surface area contributed by atoms with Crippen LogP contribution in [0.3, 0.4) is 0 Å². The minimum Gasteiger partial charge on any atom is -0.485 e. The Kier molecular flexibility index (Phi) is 5.00. The van der Waals surface area contributed by atoms with Crippen LogP contribution in [0.15, 0.2) is 21.5 Å². The zero-order chi connectivity index (χ0) is 13.2. The molecule has 3 nitrogen and oxygen atoms in total. The van der Waals surface area contributed by atoms with Crippen LogP contribution >= 0.6 is 38.2 Å². The van der Waals surface area contributed by atoms with Crippen molar-refractivity contribution in [3.63, 3.8) is 0 Å². The number of rotatable bonds is 4. The summed E-state index contributed by atoms with van der Waals surface area (Å²) in [6, 6.07) is 2.43. The van der Waals surface area contributed by atoms with Gasteiger partial charge >= 0.3 is 0 Å². The highest BCUT2D eigenvalue weighted by Gasteiger charge is 2.21. The molecule has 0 N–H and O–H groups in total. The van der Waals surface area contributed by atoms with Gasteiger partial charge in [-0.15, -0.1) is 0 Å². The average Bonchev–Trinajstić information content (AvgIpc) is 2.13. The van der Waals surface area contributed by atoms with Crippen molar-refractivity contribution in [2.24, 2.45) is 0 Å². The standard InChI is InChI=1S/C8H5BrCl2F2O3S/c9-4-1-5(10)8(16-3-7(12)13)6(2-4)17(11,14)15/h1-2,7H,3H2. The van der Waals surface area contributed by atoms with Crippen LogP contribution in [0.25, 0.3) is 0 Å². The Morgan fingerprint density at radius 1 is 1.41 bits per heavy atom. The van der Waals surface area contributed by atoms with E-state index in [1.807, 2.05) is 0 Å². The maximum atomic E-state index is 12.0. The van der Waals surface area contributed by atoms with Gasteiger partial charge in [0.1, 0.15) is 11.5 Å². The molecule has 0 amide bonds. The van der Waals surface area contributed by atoms with Crippen LogP contribution in [0.5, 0.6) is 5.75 Å². The molecule has 0 spiro atoms. The molecule has 0 unspecified atom stereocenters. The molecule has 0 heterocycles. The average molecular weight is 370 g/mol. The molecule has 1 aromatic rings. The monoisotopic (exact) mass is 368 g/mol. The van der Waals surface area contributed by atoms with E-state index in [1.54, 1.807) is 0 Å². The molecule has 17 heavy (non-hydrogen) atoms. The van der Waals surface area contributed by atoms with Crippen molar-refractivity contribution < 1.29 is 21.9 Å². The number of halogens is 5. The number of hydrogen-bond donors (Lipinski definition) is 0. The SMILES string of the molecule is O=S(=O)(Cl)c1cc(Br)cc(Cl)c1OCC(F)F. The maximum Gasteiger partial charge on any atom is 0.272 e. The van der Waals surface area contributed by atoms with Crippen molar-refractivity contribution in [3.05, 3.63) is 21.6 Å². The largest absolute Gasteiger partial charge is 0.485 e. The normalized spacial score (nSPS) is 11.9. The van der Waals surface area contributed by atoms with Gasteiger partial charge in [-0.05, 0) is 12.1 Å². The summed E-state index contributed by atoms with van der Waals surface area (Å²) in [5.74, 6) is -0.384. The zero-order valence-corrected chi connectivity index (χ0v) is 11.9. The molecular formula is C8H5BrCl2F2O3S. The summed E-state index contributed by atoms with van der Waals surface area (Å²) in [5.41, 5.74) is 0. The molecule has 1 rings (SSSR count). The van der Waals surface area contributed by atoms with Gasteiger partial charge in [0.05, 0.1) is 5.02 Å². The van der Waals surface area contributed by atoms with Gasteiger partial charge in [0.2, 0.25) is 0 Å². The van der Waals surface area contributed by atoms with E-state index >= 15 is 0 Å². The lowest BCUT2D eigenvalue weighted by atomic mass is 10.3. The topological polar surface area (TPSA) is 43.4 Å². The lowest BCUT2D eigenvalue weighted by Gasteiger charge is -2.11. The molecular weight excluding hydrogens is 365 g/mol. The molecule has 0 aliphatic heterocycles. The first-order valence-electron chi connectivity index (χ1n) is 4.06. The lowest BCUT2D eigenvalue weighted by molar-refractivity contribution is 0.0805. The summed E-state index contributed by atoms with van der Waals surface area (Å²) in [7, 11) is 1.01. The van der Waals surface area contributed by atoms with Crippen LogP contribution in [0, 0.1) is 0 Å². The Labute approximate surface area is 114 Å². The molecule has 0 atom stereocenters. The molecule has 0 saturated carbocycles. The van der Waals surface area contributed by atoms with Gasteiger partial charge in [-0.1, -0.05) is 27.5 Å². The second kappa shape index (κ2) is 5.69. The van der Waals surface area contributed by atoms with Crippen molar-refractivity contribution in [2.75, 3.05) is 6.61 Å². The summed E-state index contributed by atoms with van der Waals surface area (Å²) in [6.07, 6.45) is -2.75. The van der Waals surface area contributed by atoms with Crippen LogP contribution < -0.4 is 4.74 Å². The van der Waals surface area contributed by atoms with Gasteiger partial charge in [-0.3, -0.25) is 0 Å². The molecule has 0 aliphatic rings. The highest BCUT2D eigenvalue weighted by Crippen LogP contribution is 2.37. The Hall–Kier alpha value is -0.110. The summed E-state index contributed by atoms with van der Waals surface area (Å²) in [4.78, 5) is -0.459. The smallest absolute Gasteiger partial charge is 0.272 e. The third-order valence-electron chi connectivity index (χ3n) is 1.59. The van der Waals surface area contributed by atoms with Crippen molar-refractivity contribution in [3.8, 4) is 5.75 Å². The van der Waals surface area contributed by atoms with Crippen LogP contribution in [0.2, 0.25) is 5.02 Å². The highest BCUT2D eigenvalue weighted by molar-refractivity contribution is 9.10. The van der Waals surface area contributed by atoms with Gasteiger partial charge in [0, 0.05) is 15.2 Å². The number of benzene rings is 1. The predicted molar refractivity (Wildman–Crippen MR) is 63.7 cm³/mol. The minimum absolute atomic E-state index is 0.126. The quantitative estimate of drug-likeness (QED) is 0.760. The lowest BCUT2D eigenvalue weighted by Crippen LogP contribution is -2.09. The van der Waals surface area contributed by atoms with Gasteiger partial charge < -0.3 is 4.74 Å². The van der Waals surface area contributed by atoms with Crippen molar-refractivity contribution in [1.29, 1.82) is 0 Å². The first-order valence-corrected chi connectivity index (χ1v) is 7.54. The second-order valence-corrected chi connectivity index (χ2v) is 6.71. The number of alkyl halides is 2. The predicted octanol–water partition coefficient (Wildman–Crippen LogP) is 3.67. The Morgan fingerprint density at radius 2 is 2.00 bits per heavy atom. The van der Waals surface area contributed by atoms with E-state index in [-0.39, 0.29) is 10.8 Å². The molecule has 0 fully saturated rings. The summed E-state index contributed by atoms with van der Waals surface area (Å²) < 4.78 is 51.4. The molecule has 1 aromatic carbocycles. The first-order chi connectivity index (χ1) is 7.71. The molecule has 0 saturated heterocycles. The molecule has 9 heteroatoms. The van der Waals surface area contributed by atoms with E-state index in [2.05, 4.69) is 20.7 Å². The summed E-state index contributed by atoms with van der Waals surface area (Å²) >= 11 is 8.71. The Morgan fingerprint density at radius 3 is 2.47 bits per heavy atom. The number of hydrogen-bond acceptors (Lipinski definition) is 3. The summed E-state index contributed by atoms with van der Waals surface area (Å²) in [6.45, 7) is -0.971. The van der Waals surface area contributed by atoms with Gasteiger partial charge in [-0.2, -0.15) is 0 Å². The van der Waals surface area contributed by atoms with Crippen molar-refractivity contribution in [2.45, 2.75) is 11.3 Å². The number of ether oxygens (including phenoxy) is 1. The van der Waals surface area contributed by atoms with Crippen molar-refractivity contribution >= 4 is 47.3 Å². The molecule has 0 aliphatic carbocycles. The maximum absolute atomic E-state index is 12.0. The highest BCUT2D eigenvalue weighted by atomic mass is 79.9. The molecule has 0 aromatic heterocycles. The van der Waals surface area contributed by atoms with E-state index in [4.69, 9.17) is 22.3 Å². The van der Waals surface area contributed by atoms with E-state index < -0.39 is 27.0 Å². The van der Waals surface area contributed by atoms with Crippen LogP contribution in [0.1, 0.15) is 0 Å². The van der Waals surface area contributed by atoms with Crippen LogP contribution in [0.4, 0.5) is 8.78 Å². The first kappa shape index (κ1) is 14.9.